The molecule has 4 unspecified atom stereocenters. The molecule has 2 saturated carbocycles. The first-order valence-corrected chi connectivity index (χ1v) is 8.35. The lowest BCUT2D eigenvalue weighted by atomic mass is 9.59. The van der Waals surface area contributed by atoms with Crippen molar-refractivity contribution in [2.75, 3.05) is 12.5 Å². The zero-order valence-corrected chi connectivity index (χ0v) is 13.6. The summed E-state index contributed by atoms with van der Waals surface area (Å²) in [6.07, 6.45) is 5.52. The first-order chi connectivity index (χ1) is 10.5. The molecule has 2 aliphatic carbocycles. The molecule has 2 fully saturated rings. The number of fused-ring (bicyclic) bond motifs is 2. The van der Waals surface area contributed by atoms with Crippen LogP contribution >= 0.6 is 11.6 Å². The molecule has 0 aromatic rings. The fraction of sp³-hybridized carbons (Fsp3) is 0.812. The van der Waals surface area contributed by atoms with E-state index in [4.69, 9.17) is 21.1 Å². The van der Waals surface area contributed by atoms with Gasteiger partial charge in [-0.3, -0.25) is 4.79 Å². The molecule has 22 heavy (non-hydrogen) atoms. The molecule has 0 aliphatic heterocycles. The van der Waals surface area contributed by atoms with Crippen LogP contribution in [0.4, 0.5) is 0 Å². The van der Waals surface area contributed by atoms with Crippen LogP contribution in [0.5, 0.6) is 0 Å². The quantitative estimate of drug-likeness (QED) is 0.573. The van der Waals surface area contributed by atoms with Gasteiger partial charge in [0.25, 0.3) is 0 Å². The number of halogens is 1. The van der Waals surface area contributed by atoms with Crippen molar-refractivity contribution in [2.24, 2.45) is 17.8 Å². The van der Waals surface area contributed by atoms with Crippen LogP contribution in [0.3, 0.4) is 0 Å². The van der Waals surface area contributed by atoms with Crippen molar-refractivity contribution in [1.29, 1.82) is 5.26 Å². The molecule has 0 N–H and O–H groups in total. The van der Waals surface area contributed by atoms with E-state index in [9.17, 15) is 14.9 Å². The maximum atomic E-state index is 12.1. The van der Waals surface area contributed by atoms with Crippen molar-refractivity contribution in [3.8, 4) is 6.07 Å². The molecule has 0 spiro atoms. The average molecular weight is 328 g/mol. The third-order valence-electron chi connectivity index (χ3n) is 5.11. The van der Waals surface area contributed by atoms with E-state index in [0.29, 0.717) is 5.92 Å². The highest BCUT2D eigenvalue weighted by Gasteiger charge is 2.52. The van der Waals surface area contributed by atoms with Crippen LogP contribution in [0, 0.1) is 29.1 Å². The van der Waals surface area contributed by atoms with Crippen molar-refractivity contribution >= 4 is 23.5 Å². The van der Waals surface area contributed by atoms with E-state index >= 15 is 0 Å². The normalized spacial score (nSPS) is 33.6. The van der Waals surface area contributed by atoms with Gasteiger partial charge in [-0.1, -0.05) is 19.8 Å². The summed E-state index contributed by atoms with van der Waals surface area (Å²) in [6.45, 7) is 1.61. The van der Waals surface area contributed by atoms with Crippen molar-refractivity contribution in [2.45, 2.75) is 51.0 Å². The summed E-state index contributed by atoms with van der Waals surface area (Å²) in [4.78, 5) is 23.1. The number of nitrogens with zero attached hydrogens (tertiary/aromatic N) is 1. The first kappa shape index (κ1) is 17.1. The molecule has 0 aromatic heterocycles. The van der Waals surface area contributed by atoms with Gasteiger partial charge in [0.15, 0.2) is 6.61 Å². The fourth-order valence-corrected chi connectivity index (χ4v) is 4.21. The first-order valence-electron chi connectivity index (χ1n) is 7.82. The van der Waals surface area contributed by atoms with Crippen molar-refractivity contribution in [1.82, 2.24) is 0 Å². The molecular weight excluding hydrogens is 306 g/mol. The Hall–Kier alpha value is -1.28. The zero-order valence-electron chi connectivity index (χ0n) is 12.8. The maximum Gasteiger partial charge on any atom is 0.344 e. The molecule has 4 atom stereocenters. The highest BCUT2D eigenvalue weighted by molar-refractivity contribution is 6.26. The van der Waals surface area contributed by atoms with Crippen LogP contribution < -0.4 is 0 Å². The van der Waals surface area contributed by atoms with Crippen molar-refractivity contribution < 1.29 is 19.1 Å². The average Bonchev–Trinajstić information content (AvgIpc) is 2.51. The summed E-state index contributed by atoms with van der Waals surface area (Å²) in [5, 5.41) is 9.22. The van der Waals surface area contributed by atoms with E-state index in [1.54, 1.807) is 0 Å². The predicted octanol–water partition coefficient (Wildman–Crippen LogP) is 2.81. The Kier molecular flexibility index (Phi) is 5.69. The minimum Gasteiger partial charge on any atom is -0.455 e. The summed E-state index contributed by atoms with van der Waals surface area (Å²) in [5.74, 6) is -0.497. The molecule has 2 aliphatic rings. The van der Waals surface area contributed by atoms with Gasteiger partial charge in [-0.25, -0.2) is 4.79 Å². The molecule has 5 nitrogen and oxygen atoms in total. The predicted molar refractivity (Wildman–Crippen MR) is 80.0 cm³/mol. The largest absolute Gasteiger partial charge is 0.455 e. The summed E-state index contributed by atoms with van der Waals surface area (Å²) in [5.41, 5.74) is -0.740. The molecule has 0 saturated heterocycles. The van der Waals surface area contributed by atoms with E-state index in [0.717, 1.165) is 25.7 Å². The Bertz CT molecular complexity index is 473. The van der Waals surface area contributed by atoms with E-state index in [2.05, 4.69) is 13.0 Å². The Morgan fingerprint density at radius 1 is 1.32 bits per heavy atom. The van der Waals surface area contributed by atoms with Gasteiger partial charge in [0.1, 0.15) is 11.5 Å². The molecule has 2 bridgehead atoms. The van der Waals surface area contributed by atoms with Gasteiger partial charge in [-0.05, 0) is 31.1 Å². The number of nitriles is 1. The highest BCUT2D eigenvalue weighted by atomic mass is 35.5. The zero-order chi connectivity index (χ0) is 16.2. The Morgan fingerprint density at radius 2 is 2.09 bits per heavy atom. The number of hydrogen-bond donors (Lipinski definition) is 0. The van der Waals surface area contributed by atoms with Gasteiger partial charge in [-0.2, -0.15) is 5.26 Å². The third kappa shape index (κ3) is 3.55. The molecule has 0 radical (unpaired) electrons. The van der Waals surface area contributed by atoms with E-state index in [1.807, 2.05) is 0 Å². The van der Waals surface area contributed by atoms with Crippen LogP contribution in [0.1, 0.15) is 45.4 Å². The summed E-state index contributed by atoms with van der Waals surface area (Å²) in [6, 6.07) is 2.19. The van der Waals surface area contributed by atoms with E-state index in [-0.39, 0.29) is 24.1 Å². The highest BCUT2D eigenvalue weighted by Crippen LogP contribution is 2.51. The van der Waals surface area contributed by atoms with Gasteiger partial charge < -0.3 is 9.47 Å². The van der Waals surface area contributed by atoms with Crippen LogP contribution in [-0.2, 0) is 19.1 Å². The topological polar surface area (TPSA) is 76.4 Å². The van der Waals surface area contributed by atoms with Crippen LogP contribution in [0.25, 0.3) is 0 Å². The number of rotatable bonds is 5. The van der Waals surface area contributed by atoms with Crippen LogP contribution in [0.15, 0.2) is 0 Å². The van der Waals surface area contributed by atoms with Gasteiger partial charge in [-0.15, -0.1) is 11.6 Å². The Morgan fingerprint density at radius 3 is 2.77 bits per heavy atom. The minimum atomic E-state index is -0.740. The maximum absolute atomic E-state index is 12.1. The second kappa shape index (κ2) is 7.32. The summed E-state index contributed by atoms with van der Waals surface area (Å²) in [7, 11) is 0. The Labute approximate surface area is 135 Å². The molecular formula is C16H22ClNO4. The number of esters is 2. The lowest BCUT2D eigenvalue weighted by Crippen LogP contribution is -2.53. The summed E-state index contributed by atoms with van der Waals surface area (Å²) >= 11 is 5.33. The van der Waals surface area contributed by atoms with Crippen LogP contribution in [0.2, 0.25) is 0 Å². The molecule has 0 heterocycles. The number of hydrogen-bond acceptors (Lipinski definition) is 5. The lowest BCUT2D eigenvalue weighted by Gasteiger charge is -2.51. The lowest BCUT2D eigenvalue weighted by molar-refractivity contribution is -0.192. The smallest absolute Gasteiger partial charge is 0.344 e. The fourth-order valence-electron chi connectivity index (χ4n) is 4.13. The second-order valence-corrected chi connectivity index (χ2v) is 6.69. The standard InChI is InChI=1S/C16H22ClNO4/c1-11-7-12-3-2-4-13(8-12)16(11,5-6-18)22-15(20)10-21-14(19)9-17/h11-13H,2-5,7-10H2,1H3. The van der Waals surface area contributed by atoms with Gasteiger partial charge in [0, 0.05) is 5.92 Å². The number of carbonyl (C=O) groups excluding carboxylic acids is 2. The second-order valence-electron chi connectivity index (χ2n) is 6.42. The molecule has 0 amide bonds. The molecule has 0 aromatic carbocycles. The Balaban J connectivity index is 2.08. The monoisotopic (exact) mass is 327 g/mol. The number of alkyl halides is 1. The van der Waals surface area contributed by atoms with Crippen LogP contribution in [-0.4, -0.2) is 30.0 Å². The minimum absolute atomic E-state index is 0.142. The summed E-state index contributed by atoms with van der Waals surface area (Å²) < 4.78 is 10.5. The van der Waals surface area contributed by atoms with Gasteiger partial charge in [0.2, 0.25) is 0 Å². The van der Waals surface area contributed by atoms with E-state index in [1.165, 1.54) is 6.42 Å². The number of ether oxygens (including phenoxy) is 2. The van der Waals surface area contributed by atoms with E-state index < -0.39 is 24.1 Å². The van der Waals surface area contributed by atoms with Crippen molar-refractivity contribution in [3.05, 3.63) is 0 Å². The molecule has 122 valence electrons. The molecule has 6 heteroatoms. The van der Waals surface area contributed by atoms with Gasteiger partial charge in [0.05, 0.1) is 12.5 Å². The van der Waals surface area contributed by atoms with Gasteiger partial charge >= 0.3 is 11.9 Å². The number of carbonyl (C=O) groups is 2. The molecule has 2 rings (SSSR count). The SMILES string of the molecule is CC1CC2CCCC(C2)C1(CC#N)OC(=O)COC(=O)CCl. The van der Waals surface area contributed by atoms with Crippen molar-refractivity contribution in [3.63, 3.8) is 0 Å². The third-order valence-corrected chi connectivity index (χ3v) is 5.33.